The van der Waals surface area contributed by atoms with E-state index in [4.69, 9.17) is 14.2 Å². The number of aromatic hydroxyl groups is 1. The SMILES string of the molecule is COc1cccc(C(=O)OCC[NH+]2CCOCC2)c1O.[Cl-]. The molecule has 1 heterocycles. The minimum Gasteiger partial charge on any atom is -1.00 e. The maximum Gasteiger partial charge on any atom is 0.342 e. The van der Waals surface area contributed by atoms with Gasteiger partial charge in [0.2, 0.25) is 0 Å². The zero-order valence-corrected chi connectivity index (χ0v) is 12.7. The van der Waals surface area contributed by atoms with Crippen molar-refractivity contribution in [3.8, 4) is 11.5 Å². The number of carbonyl (C=O) groups is 1. The minimum atomic E-state index is -0.533. The molecule has 1 aliphatic rings. The Kier molecular flexibility index (Phi) is 7.28. The predicted molar refractivity (Wildman–Crippen MR) is 71.3 cm³/mol. The van der Waals surface area contributed by atoms with Crippen LogP contribution in [0.25, 0.3) is 0 Å². The van der Waals surface area contributed by atoms with Gasteiger partial charge in [-0.1, -0.05) is 6.07 Å². The monoisotopic (exact) mass is 317 g/mol. The number of hydrogen-bond acceptors (Lipinski definition) is 5. The summed E-state index contributed by atoms with van der Waals surface area (Å²) in [5.74, 6) is -0.453. The highest BCUT2D eigenvalue weighted by Gasteiger charge is 2.18. The smallest absolute Gasteiger partial charge is 0.342 e. The van der Waals surface area contributed by atoms with Gasteiger partial charge in [-0.15, -0.1) is 0 Å². The van der Waals surface area contributed by atoms with Crippen LogP contribution in [0.3, 0.4) is 0 Å². The molecule has 1 aromatic carbocycles. The number of quaternary nitrogens is 1. The summed E-state index contributed by atoms with van der Waals surface area (Å²) in [5, 5.41) is 9.86. The molecule has 1 aromatic rings. The molecule has 0 atom stereocenters. The molecule has 0 radical (unpaired) electrons. The molecule has 0 aromatic heterocycles. The highest BCUT2D eigenvalue weighted by molar-refractivity contribution is 5.93. The van der Waals surface area contributed by atoms with Crippen molar-refractivity contribution in [3.05, 3.63) is 23.8 Å². The van der Waals surface area contributed by atoms with Gasteiger partial charge < -0.3 is 36.6 Å². The Labute approximate surface area is 130 Å². The number of phenols is 1. The highest BCUT2D eigenvalue weighted by atomic mass is 35.5. The number of benzene rings is 1. The third-order valence-corrected chi connectivity index (χ3v) is 3.33. The average molecular weight is 318 g/mol. The summed E-state index contributed by atoms with van der Waals surface area (Å²) in [7, 11) is 1.44. The third kappa shape index (κ3) is 4.77. The number of methoxy groups -OCH3 is 1. The number of ether oxygens (including phenoxy) is 3. The summed E-state index contributed by atoms with van der Waals surface area (Å²) in [4.78, 5) is 13.3. The summed E-state index contributed by atoms with van der Waals surface area (Å²) >= 11 is 0. The van der Waals surface area contributed by atoms with Crippen molar-refractivity contribution in [2.45, 2.75) is 0 Å². The van der Waals surface area contributed by atoms with E-state index in [-0.39, 0.29) is 29.5 Å². The number of phenolic OH excluding ortho intramolecular Hbond substituents is 1. The zero-order chi connectivity index (χ0) is 14.4. The molecule has 2 N–H and O–H groups in total. The fourth-order valence-electron chi connectivity index (χ4n) is 2.13. The lowest BCUT2D eigenvalue weighted by atomic mass is 10.2. The summed E-state index contributed by atoms with van der Waals surface area (Å²) in [6, 6.07) is 4.74. The van der Waals surface area contributed by atoms with Crippen molar-refractivity contribution < 1.29 is 41.4 Å². The van der Waals surface area contributed by atoms with E-state index in [2.05, 4.69) is 0 Å². The molecule has 0 spiro atoms. The van der Waals surface area contributed by atoms with Gasteiger partial charge in [0.15, 0.2) is 11.5 Å². The summed E-state index contributed by atoms with van der Waals surface area (Å²) in [6.45, 7) is 4.44. The normalized spacial score (nSPS) is 15.1. The first-order chi connectivity index (χ1) is 9.72. The van der Waals surface area contributed by atoms with Gasteiger partial charge in [0, 0.05) is 0 Å². The van der Waals surface area contributed by atoms with Crippen molar-refractivity contribution in [1.29, 1.82) is 0 Å². The van der Waals surface area contributed by atoms with Gasteiger partial charge in [0.05, 0.1) is 20.3 Å². The molecule has 2 rings (SSSR count). The maximum atomic E-state index is 11.9. The number of carbonyl (C=O) groups excluding carboxylic acids is 1. The molecule has 1 fully saturated rings. The van der Waals surface area contributed by atoms with E-state index in [1.54, 1.807) is 12.1 Å². The van der Waals surface area contributed by atoms with Gasteiger partial charge in [-0.3, -0.25) is 0 Å². The minimum absolute atomic E-state index is 0. The van der Waals surface area contributed by atoms with Crippen molar-refractivity contribution >= 4 is 5.97 Å². The number of hydrogen-bond donors (Lipinski definition) is 2. The van der Waals surface area contributed by atoms with Crippen LogP contribution in [0.4, 0.5) is 0 Å². The average Bonchev–Trinajstić information content (AvgIpc) is 2.48. The van der Waals surface area contributed by atoms with Crippen LogP contribution in [0, 0.1) is 0 Å². The molecule has 21 heavy (non-hydrogen) atoms. The fourth-order valence-corrected chi connectivity index (χ4v) is 2.13. The van der Waals surface area contributed by atoms with E-state index >= 15 is 0 Å². The van der Waals surface area contributed by atoms with E-state index in [1.165, 1.54) is 18.1 Å². The Hall–Kier alpha value is -1.50. The first-order valence-corrected chi connectivity index (χ1v) is 6.66. The standard InChI is InChI=1S/C14H19NO5.ClH/c1-18-12-4-2-3-11(13(12)16)14(17)20-10-7-15-5-8-19-9-6-15;/h2-4,16H,5-10H2,1H3;1H. The van der Waals surface area contributed by atoms with Crippen LogP contribution in [-0.4, -0.2) is 57.6 Å². The fraction of sp³-hybridized carbons (Fsp3) is 0.500. The summed E-state index contributed by atoms with van der Waals surface area (Å²) in [6.07, 6.45) is 0. The van der Waals surface area contributed by atoms with Crippen LogP contribution in [0.2, 0.25) is 0 Å². The topological polar surface area (TPSA) is 69.4 Å². The van der Waals surface area contributed by atoms with Crippen molar-refractivity contribution in [1.82, 2.24) is 0 Å². The number of esters is 1. The van der Waals surface area contributed by atoms with Gasteiger partial charge in [-0.25, -0.2) is 4.79 Å². The molecule has 0 aliphatic carbocycles. The third-order valence-electron chi connectivity index (χ3n) is 3.33. The van der Waals surface area contributed by atoms with Gasteiger partial charge in [-0.05, 0) is 12.1 Å². The number of morpholine rings is 1. The van der Waals surface area contributed by atoms with E-state index in [9.17, 15) is 9.90 Å². The molecule has 6 nitrogen and oxygen atoms in total. The molecule has 0 saturated carbocycles. The van der Waals surface area contributed by atoms with E-state index in [0.717, 1.165) is 32.8 Å². The Morgan fingerprint density at radius 1 is 1.38 bits per heavy atom. The van der Waals surface area contributed by atoms with Crippen LogP contribution in [-0.2, 0) is 9.47 Å². The number of rotatable bonds is 5. The van der Waals surface area contributed by atoms with Gasteiger partial charge in [-0.2, -0.15) is 0 Å². The van der Waals surface area contributed by atoms with E-state index in [1.807, 2.05) is 0 Å². The Morgan fingerprint density at radius 2 is 2.10 bits per heavy atom. The van der Waals surface area contributed by atoms with Crippen LogP contribution < -0.4 is 22.0 Å². The van der Waals surface area contributed by atoms with Crippen molar-refractivity contribution in [2.75, 3.05) is 46.6 Å². The second kappa shape index (κ2) is 8.71. The first-order valence-electron chi connectivity index (χ1n) is 6.66. The van der Waals surface area contributed by atoms with Gasteiger partial charge in [0.1, 0.15) is 31.8 Å². The molecule has 0 amide bonds. The van der Waals surface area contributed by atoms with Crippen LogP contribution >= 0.6 is 0 Å². The quantitative estimate of drug-likeness (QED) is 0.551. The van der Waals surface area contributed by atoms with Gasteiger partial charge >= 0.3 is 5.97 Å². The number of halogens is 1. The molecule has 0 unspecified atom stereocenters. The van der Waals surface area contributed by atoms with Crippen LogP contribution in [0.1, 0.15) is 10.4 Å². The Morgan fingerprint density at radius 3 is 2.76 bits per heavy atom. The number of nitrogens with one attached hydrogen (secondary N) is 1. The zero-order valence-electron chi connectivity index (χ0n) is 11.9. The molecule has 1 saturated heterocycles. The Bertz CT molecular complexity index is 463. The molecular weight excluding hydrogens is 298 g/mol. The largest absolute Gasteiger partial charge is 1.00 e. The second-order valence-corrected chi connectivity index (χ2v) is 4.60. The molecule has 118 valence electrons. The lowest BCUT2D eigenvalue weighted by Gasteiger charge is -2.23. The Balaban J connectivity index is 0.00000220. The molecule has 1 aliphatic heterocycles. The summed E-state index contributed by atoms with van der Waals surface area (Å²) in [5.41, 5.74) is 0.126. The molecule has 7 heteroatoms. The summed E-state index contributed by atoms with van der Waals surface area (Å²) < 4.78 is 15.4. The number of para-hydroxylation sites is 1. The highest BCUT2D eigenvalue weighted by Crippen LogP contribution is 2.29. The lowest BCUT2D eigenvalue weighted by Crippen LogP contribution is -3.14. The van der Waals surface area contributed by atoms with Crippen molar-refractivity contribution in [3.63, 3.8) is 0 Å². The van der Waals surface area contributed by atoms with E-state index < -0.39 is 5.97 Å². The lowest BCUT2D eigenvalue weighted by molar-refractivity contribution is -0.908. The maximum absolute atomic E-state index is 11.9. The van der Waals surface area contributed by atoms with Crippen LogP contribution in [0.15, 0.2) is 18.2 Å². The van der Waals surface area contributed by atoms with E-state index in [0.29, 0.717) is 6.61 Å². The van der Waals surface area contributed by atoms with Crippen LogP contribution in [0.5, 0.6) is 11.5 Å². The second-order valence-electron chi connectivity index (χ2n) is 4.60. The molecular formula is C14H20ClNO5. The van der Waals surface area contributed by atoms with Gasteiger partial charge in [0.25, 0.3) is 0 Å². The first kappa shape index (κ1) is 17.6. The van der Waals surface area contributed by atoms with Crippen molar-refractivity contribution in [2.24, 2.45) is 0 Å². The molecule has 0 bridgehead atoms. The predicted octanol–water partition coefficient (Wildman–Crippen LogP) is -3.52.